The number of aromatic nitrogens is 5. The van der Waals surface area contributed by atoms with Crippen LogP contribution in [0.4, 0.5) is 0 Å². The van der Waals surface area contributed by atoms with Crippen molar-refractivity contribution in [1.29, 1.82) is 0 Å². The molecule has 0 unspecified atom stereocenters. The van der Waals surface area contributed by atoms with Gasteiger partial charge in [-0.1, -0.05) is 53.7 Å². The zero-order valence-corrected chi connectivity index (χ0v) is 14.4. The van der Waals surface area contributed by atoms with Crippen molar-refractivity contribution in [3.8, 4) is 11.4 Å². The zero-order chi connectivity index (χ0) is 17.2. The number of thioether (sulfide) groups is 1. The molecule has 0 fully saturated rings. The van der Waals surface area contributed by atoms with Crippen LogP contribution in [0.2, 0.25) is 5.02 Å². The van der Waals surface area contributed by atoms with E-state index in [0.29, 0.717) is 38.5 Å². The summed E-state index contributed by atoms with van der Waals surface area (Å²) in [7, 11) is 0. The summed E-state index contributed by atoms with van der Waals surface area (Å²) >= 11 is 7.32. The predicted molar refractivity (Wildman–Crippen MR) is 98.8 cm³/mol. The van der Waals surface area contributed by atoms with E-state index in [4.69, 9.17) is 11.6 Å². The molecule has 25 heavy (non-hydrogen) atoms. The van der Waals surface area contributed by atoms with Crippen LogP contribution in [-0.2, 0) is 5.75 Å². The molecule has 0 atom stereocenters. The number of benzene rings is 2. The molecule has 0 amide bonds. The summed E-state index contributed by atoms with van der Waals surface area (Å²) < 4.78 is 0. The highest BCUT2D eigenvalue weighted by Crippen LogP contribution is 2.21. The topological polar surface area (TPSA) is 87.3 Å². The molecule has 0 saturated heterocycles. The van der Waals surface area contributed by atoms with E-state index in [0.717, 1.165) is 5.56 Å². The molecule has 0 saturated carbocycles. The van der Waals surface area contributed by atoms with Crippen LogP contribution < -0.4 is 5.56 Å². The molecule has 2 N–H and O–H groups in total. The summed E-state index contributed by atoms with van der Waals surface area (Å²) in [6.45, 7) is 0. The third-order valence-electron chi connectivity index (χ3n) is 3.57. The van der Waals surface area contributed by atoms with Crippen LogP contribution in [0, 0.1) is 0 Å². The number of nitrogens with one attached hydrogen (secondary N) is 2. The first kappa shape index (κ1) is 15.9. The average molecular weight is 370 g/mol. The fourth-order valence-corrected chi connectivity index (χ4v) is 3.24. The summed E-state index contributed by atoms with van der Waals surface area (Å²) in [5, 5.41) is 8.69. The zero-order valence-electron chi connectivity index (χ0n) is 12.9. The Morgan fingerprint density at radius 3 is 2.76 bits per heavy atom. The van der Waals surface area contributed by atoms with Crippen LogP contribution in [-0.4, -0.2) is 25.1 Å². The van der Waals surface area contributed by atoms with Crippen molar-refractivity contribution in [2.24, 2.45) is 0 Å². The lowest BCUT2D eigenvalue weighted by Gasteiger charge is -2.02. The molecule has 0 aliphatic carbocycles. The van der Waals surface area contributed by atoms with E-state index in [1.54, 1.807) is 18.2 Å². The molecule has 0 aliphatic rings. The van der Waals surface area contributed by atoms with Gasteiger partial charge in [0.25, 0.3) is 5.56 Å². The lowest BCUT2D eigenvalue weighted by molar-refractivity contribution is 0.966. The van der Waals surface area contributed by atoms with Crippen LogP contribution in [0.1, 0.15) is 5.82 Å². The molecule has 4 aromatic rings. The van der Waals surface area contributed by atoms with Crippen LogP contribution in [0.3, 0.4) is 0 Å². The van der Waals surface area contributed by atoms with Crippen molar-refractivity contribution in [1.82, 2.24) is 25.1 Å². The van der Waals surface area contributed by atoms with Gasteiger partial charge in [-0.2, -0.15) is 0 Å². The van der Waals surface area contributed by atoms with Crippen molar-refractivity contribution in [3.05, 3.63) is 69.7 Å². The third-order valence-corrected chi connectivity index (χ3v) is 4.66. The minimum absolute atomic E-state index is 0.205. The highest BCUT2D eigenvalue weighted by molar-refractivity contribution is 7.98. The molecular weight excluding hydrogens is 358 g/mol. The second-order valence-electron chi connectivity index (χ2n) is 5.30. The van der Waals surface area contributed by atoms with E-state index in [1.807, 2.05) is 30.3 Å². The first-order chi connectivity index (χ1) is 12.2. The number of nitrogens with zero attached hydrogens (tertiary/aromatic N) is 3. The second-order valence-corrected chi connectivity index (χ2v) is 6.67. The minimum Gasteiger partial charge on any atom is -0.309 e. The van der Waals surface area contributed by atoms with Gasteiger partial charge in [-0.15, -0.1) is 5.10 Å². The molecule has 2 aromatic carbocycles. The number of rotatable bonds is 4. The highest BCUT2D eigenvalue weighted by Gasteiger charge is 2.09. The van der Waals surface area contributed by atoms with E-state index >= 15 is 0 Å². The van der Waals surface area contributed by atoms with Gasteiger partial charge in [-0.05, 0) is 18.2 Å². The van der Waals surface area contributed by atoms with Crippen molar-refractivity contribution >= 4 is 34.3 Å². The van der Waals surface area contributed by atoms with E-state index in [-0.39, 0.29) is 5.56 Å². The van der Waals surface area contributed by atoms with Crippen LogP contribution in [0.15, 0.2) is 58.5 Å². The SMILES string of the molecule is O=c1[nH]c(CSc2n[nH]c(-c3ccccc3)n2)nc2ccc(Cl)cc12. The summed E-state index contributed by atoms with van der Waals surface area (Å²) in [5.41, 5.74) is 1.38. The Morgan fingerprint density at radius 1 is 1.08 bits per heavy atom. The summed E-state index contributed by atoms with van der Waals surface area (Å²) in [4.78, 5) is 23.8. The number of H-pyrrole nitrogens is 2. The molecule has 2 aromatic heterocycles. The van der Waals surface area contributed by atoms with Crippen molar-refractivity contribution < 1.29 is 0 Å². The van der Waals surface area contributed by atoms with Gasteiger partial charge in [0, 0.05) is 10.6 Å². The van der Waals surface area contributed by atoms with Crippen LogP contribution in [0.25, 0.3) is 22.3 Å². The quantitative estimate of drug-likeness (QED) is 0.536. The molecule has 0 spiro atoms. The van der Waals surface area contributed by atoms with Gasteiger partial charge < -0.3 is 4.98 Å². The Morgan fingerprint density at radius 2 is 1.92 bits per heavy atom. The highest BCUT2D eigenvalue weighted by atomic mass is 35.5. The Hall–Kier alpha value is -2.64. The van der Waals surface area contributed by atoms with Crippen molar-refractivity contribution in [2.75, 3.05) is 0 Å². The van der Waals surface area contributed by atoms with Gasteiger partial charge in [0.2, 0.25) is 5.16 Å². The third kappa shape index (κ3) is 3.42. The molecular formula is C17H12ClN5OS. The van der Waals surface area contributed by atoms with Crippen molar-refractivity contribution in [3.63, 3.8) is 0 Å². The van der Waals surface area contributed by atoms with Gasteiger partial charge in [0.05, 0.1) is 16.7 Å². The molecule has 8 heteroatoms. The summed E-state index contributed by atoms with van der Waals surface area (Å²) in [5.74, 6) is 1.73. The van der Waals surface area contributed by atoms with Gasteiger partial charge in [-0.3, -0.25) is 9.89 Å². The molecule has 124 valence electrons. The number of hydrogen-bond donors (Lipinski definition) is 2. The molecule has 0 radical (unpaired) electrons. The number of hydrogen-bond acceptors (Lipinski definition) is 5. The average Bonchev–Trinajstić information content (AvgIpc) is 3.10. The Balaban J connectivity index is 1.54. The van der Waals surface area contributed by atoms with E-state index in [9.17, 15) is 4.79 Å². The standard InChI is InChI=1S/C17H12ClN5OS/c18-11-6-7-13-12(8-11)16(24)20-14(19-13)9-25-17-21-15(22-23-17)10-4-2-1-3-5-10/h1-8H,9H2,(H,19,20,24)(H,21,22,23). The first-order valence-electron chi connectivity index (χ1n) is 7.48. The van der Waals surface area contributed by atoms with Gasteiger partial charge >= 0.3 is 0 Å². The van der Waals surface area contributed by atoms with Gasteiger partial charge in [-0.25, -0.2) is 9.97 Å². The number of halogens is 1. The molecule has 0 aliphatic heterocycles. The Bertz CT molecular complexity index is 1090. The fraction of sp³-hybridized carbons (Fsp3) is 0.0588. The maximum Gasteiger partial charge on any atom is 0.258 e. The summed E-state index contributed by atoms with van der Waals surface area (Å²) in [6.07, 6.45) is 0. The minimum atomic E-state index is -0.205. The molecule has 0 bridgehead atoms. The number of fused-ring (bicyclic) bond motifs is 1. The number of aromatic amines is 2. The smallest absolute Gasteiger partial charge is 0.258 e. The molecule has 4 rings (SSSR count). The first-order valence-corrected chi connectivity index (χ1v) is 8.84. The maximum absolute atomic E-state index is 12.2. The Kier molecular flexibility index (Phi) is 4.25. The largest absolute Gasteiger partial charge is 0.309 e. The normalized spacial score (nSPS) is 11.1. The predicted octanol–water partition coefficient (Wildman–Crippen LogP) is 3.65. The van der Waals surface area contributed by atoms with Gasteiger partial charge in [0.1, 0.15) is 5.82 Å². The van der Waals surface area contributed by atoms with Gasteiger partial charge in [0.15, 0.2) is 5.82 Å². The summed E-state index contributed by atoms with van der Waals surface area (Å²) in [6, 6.07) is 14.8. The van der Waals surface area contributed by atoms with Crippen LogP contribution >= 0.6 is 23.4 Å². The second kappa shape index (κ2) is 6.70. The molecule has 2 heterocycles. The van der Waals surface area contributed by atoms with E-state index in [2.05, 4.69) is 25.1 Å². The lowest BCUT2D eigenvalue weighted by atomic mass is 10.2. The van der Waals surface area contributed by atoms with Crippen LogP contribution in [0.5, 0.6) is 0 Å². The van der Waals surface area contributed by atoms with E-state index < -0.39 is 0 Å². The lowest BCUT2D eigenvalue weighted by Crippen LogP contribution is -2.11. The Labute approximate surface area is 151 Å². The maximum atomic E-state index is 12.2. The van der Waals surface area contributed by atoms with Crippen molar-refractivity contribution in [2.45, 2.75) is 10.9 Å². The molecule has 6 nitrogen and oxygen atoms in total. The fourth-order valence-electron chi connectivity index (χ4n) is 2.40. The monoisotopic (exact) mass is 369 g/mol. The van der Waals surface area contributed by atoms with E-state index in [1.165, 1.54) is 11.8 Å².